The van der Waals surface area contributed by atoms with Crippen molar-refractivity contribution in [3.8, 4) is 0 Å². The van der Waals surface area contributed by atoms with Crippen molar-refractivity contribution >= 4 is 0 Å². The topological polar surface area (TPSA) is 47.7 Å². The molecule has 0 saturated carbocycles. The minimum atomic E-state index is 0.827. The Morgan fingerprint density at radius 1 is 1.31 bits per heavy atom. The summed E-state index contributed by atoms with van der Waals surface area (Å²) in [6, 6.07) is 0. The molecule has 86 valence electrons. The van der Waals surface area contributed by atoms with E-state index in [1.807, 2.05) is 36.5 Å². The summed E-state index contributed by atoms with van der Waals surface area (Å²) in [5.74, 6) is 1.07. The van der Waals surface area contributed by atoms with Crippen molar-refractivity contribution in [3.63, 3.8) is 0 Å². The van der Waals surface area contributed by atoms with Crippen LogP contribution in [0.5, 0.6) is 0 Å². The highest BCUT2D eigenvalue weighted by Gasteiger charge is 1.97. The highest BCUT2D eigenvalue weighted by molar-refractivity contribution is 4.90. The smallest absolute Gasteiger partial charge is 0.122 e. The summed E-state index contributed by atoms with van der Waals surface area (Å²) >= 11 is 0. The van der Waals surface area contributed by atoms with Gasteiger partial charge in [-0.25, -0.2) is 9.97 Å². The number of aryl methyl sites for hydroxylation is 2. The molecule has 0 bridgehead atoms. The lowest BCUT2D eigenvalue weighted by Gasteiger charge is -2.05. The van der Waals surface area contributed by atoms with Crippen LogP contribution < -0.4 is 5.32 Å². The molecular weight excluding hydrogens is 202 g/mol. The van der Waals surface area contributed by atoms with E-state index in [0.717, 1.165) is 31.9 Å². The van der Waals surface area contributed by atoms with Crippen molar-refractivity contribution in [2.45, 2.75) is 19.5 Å². The first-order valence-corrected chi connectivity index (χ1v) is 5.49. The van der Waals surface area contributed by atoms with Crippen molar-refractivity contribution in [3.05, 3.63) is 36.9 Å². The van der Waals surface area contributed by atoms with E-state index in [1.165, 1.54) is 0 Å². The maximum Gasteiger partial charge on any atom is 0.122 e. The highest BCUT2D eigenvalue weighted by Crippen LogP contribution is 1.93. The molecular formula is C11H17N5. The van der Waals surface area contributed by atoms with Crippen LogP contribution in [0.3, 0.4) is 0 Å². The number of hydrogen-bond acceptors (Lipinski definition) is 3. The van der Waals surface area contributed by atoms with Crippen molar-refractivity contribution in [2.24, 2.45) is 7.05 Å². The third-order valence-corrected chi connectivity index (χ3v) is 2.53. The Morgan fingerprint density at radius 3 is 2.94 bits per heavy atom. The molecule has 0 amide bonds. The Labute approximate surface area is 95.1 Å². The molecule has 5 nitrogen and oxygen atoms in total. The van der Waals surface area contributed by atoms with Gasteiger partial charge in [0.05, 0.1) is 12.9 Å². The van der Waals surface area contributed by atoms with Gasteiger partial charge in [0.15, 0.2) is 0 Å². The zero-order chi connectivity index (χ0) is 11.2. The van der Waals surface area contributed by atoms with Crippen LogP contribution in [0.2, 0.25) is 0 Å². The van der Waals surface area contributed by atoms with Crippen molar-refractivity contribution in [1.29, 1.82) is 0 Å². The minimum absolute atomic E-state index is 0.827. The molecule has 0 unspecified atom stereocenters. The van der Waals surface area contributed by atoms with E-state index in [0.29, 0.717) is 0 Å². The van der Waals surface area contributed by atoms with Gasteiger partial charge in [0.25, 0.3) is 0 Å². The molecule has 2 heterocycles. The normalized spacial score (nSPS) is 10.8. The Hall–Kier alpha value is -1.62. The number of rotatable bonds is 6. The first kappa shape index (κ1) is 10.9. The Bertz CT molecular complexity index is 404. The van der Waals surface area contributed by atoms with E-state index in [1.54, 1.807) is 6.20 Å². The number of imidazole rings is 2. The van der Waals surface area contributed by atoms with Gasteiger partial charge in [-0.05, 0) is 13.0 Å². The third kappa shape index (κ3) is 2.93. The van der Waals surface area contributed by atoms with Crippen LogP contribution in [0.15, 0.2) is 31.1 Å². The molecule has 0 spiro atoms. The molecule has 16 heavy (non-hydrogen) atoms. The fourth-order valence-corrected chi connectivity index (χ4v) is 1.57. The van der Waals surface area contributed by atoms with E-state index in [9.17, 15) is 0 Å². The maximum atomic E-state index is 4.25. The molecule has 2 rings (SSSR count). The zero-order valence-corrected chi connectivity index (χ0v) is 9.50. The molecule has 5 heteroatoms. The molecule has 0 aliphatic heterocycles. The third-order valence-electron chi connectivity index (χ3n) is 2.53. The van der Waals surface area contributed by atoms with Crippen molar-refractivity contribution in [2.75, 3.05) is 6.54 Å². The molecule has 0 radical (unpaired) electrons. The van der Waals surface area contributed by atoms with Gasteiger partial charge in [0, 0.05) is 38.4 Å². The predicted molar refractivity (Wildman–Crippen MR) is 61.8 cm³/mol. The minimum Gasteiger partial charge on any atom is -0.337 e. The number of aromatic nitrogens is 4. The van der Waals surface area contributed by atoms with Crippen LogP contribution in [-0.2, 0) is 20.1 Å². The van der Waals surface area contributed by atoms with Gasteiger partial charge in [0.2, 0.25) is 0 Å². The molecule has 2 aromatic rings. The monoisotopic (exact) mass is 219 g/mol. The average Bonchev–Trinajstić information content (AvgIpc) is 2.90. The second-order valence-electron chi connectivity index (χ2n) is 3.79. The second-order valence-corrected chi connectivity index (χ2v) is 3.79. The molecule has 0 aliphatic rings. The van der Waals surface area contributed by atoms with Gasteiger partial charge in [-0.2, -0.15) is 0 Å². The van der Waals surface area contributed by atoms with Gasteiger partial charge in [-0.1, -0.05) is 0 Å². The summed E-state index contributed by atoms with van der Waals surface area (Å²) in [5, 5.41) is 3.37. The van der Waals surface area contributed by atoms with Crippen molar-refractivity contribution < 1.29 is 0 Å². The van der Waals surface area contributed by atoms with Crippen LogP contribution in [0.25, 0.3) is 0 Å². The summed E-state index contributed by atoms with van der Waals surface area (Å²) in [4.78, 5) is 8.25. The van der Waals surface area contributed by atoms with Crippen LogP contribution in [0, 0.1) is 0 Å². The quantitative estimate of drug-likeness (QED) is 0.731. The van der Waals surface area contributed by atoms with Crippen molar-refractivity contribution in [1.82, 2.24) is 24.4 Å². The fraction of sp³-hybridized carbons (Fsp3) is 0.455. The maximum absolute atomic E-state index is 4.25. The fourth-order valence-electron chi connectivity index (χ4n) is 1.57. The zero-order valence-electron chi connectivity index (χ0n) is 9.50. The van der Waals surface area contributed by atoms with Gasteiger partial charge in [-0.15, -0.1) is 0 Å². The molecule has 0 aliphatic carbocycles. The van der Waals surface area contributed by atoms with E-state index >= 15 is 0 Å². The number of nitrogens with zero attached hydrogens (tertiary/aromatic N) is 4. The van der Waals surface area contributed by atoms with E-state index in [4.69, 9.17) is 0 Å². The molecule has 0 fully saturated rings. The Kier molecular flexibility index (Phi) is 3.71. The highest BCUT2D eigenvalue weighted by atomic mass is 15.1. The van der Waals surface area contributed by atoms with Crippen LogP contribution in [-0.4, -0.2) is 25.6 Å². The first-order chi connectivity index (χ1) is 7.86. The Balaban J connectivity index is 1.61. The van der Waals surface area contributed by atoms with E-state index in [-0.39, 0.29) is 0 Å². The van der Waals surface area contributed by atoms with Gasteiger partial charge < -0.3 is 14.5 Å². The summed E-state index contributed by atoms with van der Waals surface area (Å²) in [6.45, 7) is 2.83. The van der Waals surface area contributed by atoms with Gasteiger partial charge >= 0.3 is 0 Å². The van der Waals surface area contributed by atoms with Crippen LogP contribution in [0.4, 0.5) is 0 Å². The van der Waals surface area contributed by atoms with Crippen LogP contribution >= 0.6 is 0 Å². The lowest BCUT2D eigenvalue weighted by molar-refractivity contribution is 0.565. The average molecular weight is 219 g/mol. The molecule has 2 aromatic heterocycles. The summed E-state index contributed by atoms with van der Waals surface area (Å²) in [5.41, 5.74) is 0. The second kappa shape index (κ2) is 5.46. The molecule has 0 atom stereocenters. The first-order valence-electron chi connectivity index (χ1n) is 5.49. The molecule has 1 N–H and O–H groups in total. The van der Waals surface area contributed by atoms with E-state index < -0.39 is 0 Å². The SMILES string of the molecule is Cn1ccnc1CNCCCn1ccnc1. The standard InChI is InChI=1S/C11H17N5/c1-15-7-5-14-11(15)9-12-3-2-6-16-8-4-13-10-16/h4-5,7-8,10,12H,2-3,6,9H2,1H3. The summed E-state index contributed by atoms with van der Waals surface area (Å²) < 4.78 is 4.12. The summed E-state index contributed by atoms with van der Waals surface area (Å²) in [6.07, 6.45) is 10.5. The van der Waals surface area contributed by atoms with E-state index in [2.05, 4.69) is 19.9 Å². The molecule has 0 saturated heterocycles. The predicted octanol–water partition coefficient (Wildman–Crippen LogP) is 0.796. The van der Waals surface area contributed by atoms with Gasteiger partial charge in [-0.3, -0.25) is 0 Å². The van der Waals surface area contributed by atoms with Crippen LogP contribution in [0.1, 0.15) is 12.2 Å². The lowest BCUT2D eigenvalue weighted by Crippen LogP contribution is -2.18. The largest absolute Gasteiger partial charge is 0.337 e. The number of hydrogen-bond donors (Lipinski definition) is 1. The summed E-state index contributed by atoms with van der Waals surface area (Å²) in [7, 11) is 2.01. The lowest BCUT2D eigenvalue weighted by atomic mass is 10.4. The number of nitrogens with one attached hydrogen (secondary N) is 1. The van der Waals surface area contributed by atoms with Gasteiger partial charge in [0.1, 0.15) is 5.82 Å². The Morgan fingerprint density at radius 2 is 2.25 bits per heavy atom. The molecule has 0 aromatic carbocycles.